The molecule has 3 aromatic rings. The molecule has 0 spiro atoms. The second-order valence-electron chi connectivity index (χ2n) is 10.7. The van der Waals surface area contributed by atoms with Gasteiger partial charge in [0.15, 0.2) is 0 Å². The topological polar surface area (TPSA) is 156 Å². The monoisotopic (exact) mass is 573 g/mol. The zero-order valence-corrected chi connectivity index (χ0v) is 22.1. The van der Waals surface area contributed by atoms with Crippen LogP contribution < -0.4 is 5.32 Å². The summed E-state index contributed by atoms with van der Waals surface area (Å²) in [6.45, 7) is 4.08. The molecular weight excluding hydrogens is 543 g/mol. The number of carboxylic acids is 1. The van der Waals surface area contributed by atoms with Crippen LogP contribution in [0.5, 0.6) is 0 Å². The van der Waals surface area contributed by atoms with Crippen LogP contribution in [0.15, 0.2) is 31.0 Å². The molecule has 1 aliphatic heterocycles. The van der Waals surface area contributed by atoms with Gasteiger partial charge >= 0.3 is 18.2 Å². The molecule has 0 aromatic carbocycles. The minimum atomic E-state index is -5.08. The van der Waals surface area contributed by atoms with Gasteiger partial charge in [-0.05, 0) is 37.7 Å². The number of urea groups is 1. The molecule has 3 fully saturated rings. The van der Waals surface area contributed by atoms with E-state index in [1.54, 1.807) is 6.33 Å². The molecule has 6 rings (SSSR count). The van der Waals surface area contributed by atoms with Gasteiger partial charge in [-0.2, -0.15) is 23.5 Å². The summed E-state index contributed by atoms with van der Waals surface area (Å²) in [5, 5.41) is 25.4. The Morgan fingerprint density at radius 3 is 2.54 bits per heavy atom. The molecule has 3 N–H and O–H groups in total. The van der Waals surface area contributed by atoms with Crippen LogP contribution in [-0.2, 0) is 10.3 Å². The molecule has 15 heteroatoms. The Kier molecular flexibility index (Phi) is 7.85. The van der Waals surface area contributed by atoms with E-state index >= 15 is 0 Å². The van der Waals surface area contributed by atoms with E-state index in [1.165, 1.54) is 12.8 Å². The first-order chi connectivity index (χ1) is 19.6. The molecule has 3 aromatic heterocycles. The molecule has 12 nitrogen and oxygen atoms in total. The summed E-state index contributed by atoms with van der Waals surface area (Å²) in [6, 6.07) is 4.84. The fourth-order valence-electron chi connectivity index (χ4n) is 5.40. The predicted octanol–water partition coefficient (Wildman–Crippen LogP) is 2.96. The third kappa shape index (κ3) is 6.27. The Morgan fingerprint density at radius 2 is 1.90 bits per heavy atom. The summed E-state index contributed by atoms with van der Waals surface area (Å²) in [5.41, 5.74) is 2.28. The molecule has 2 saturated carbocycles. The van der Waals surface area contributed by atoms with Crippen LogP contribution in [0.2, 0.25) is 0 Å². The summed E-state index contributed by atoms with van der Waals surface area (Å²) in [7, 11) is 0. The SMILES string of the molecule is N#CCC1(n2cc(-c3ncnc4[nH]ccc34)cn2)CC(N2CCN(C(=O)NCC3CC3)CC2)C1.O=C(O)C(F)(F)F. The second kappa shape index (κ2) is 11.4. The van der Waals surface area contributed by atoms with Gasteiger partial charge in [0.2, 0.25) is 0 Å². The average molecular weight is 574 g/mol. The van der Waals surface area contributed by atoms with Crippen molar-refractivity contribution in [2.75, 3.05) is 32.7 Å². The molecule has 218 valence electrons. The quantitative estimate of drug-likeness (QED) is 0.406. The summed E-state index contributed by atoms with van der Waals surface area (Å²) in [5.74, 6) is -2.06. The number of carboxylic acid groups (broad SMARTS) is 1. The van der Waals surface area contributed by atoms with E-state index in [-0.39, 0.29) is 11.6 Å². The molecule has 0 radical (unpaired) electrons. The van der Waals surface area contributed by atoms with Gasteiger partial charge in [-0.25, -0.2) is 19.6 Å². The number of alkyl halides is 3. The third-order valence-corrected chi connectivity index (χ3v) is 7.93. The van der Waals surface area contributed by atoms with E-state index in [9.17, 15) is 23.2 Å². The number of aliphatic carboxylic acids is 1. The van der Waals surface area contributed by atoms with Crippen LogP contribution in [0.4, 0.5) is 18.0 Å². The average Bonchev–Trinajstić information content (AvgIpc) is 3.40. The highest BCUT2D eigenvalue weighted by molar-refractivity contribution is 5.90. The molecule has 2 aliphatic carbocycles. The maximum atomic E-state index is 12.4. The number of hydrogen-bond donors (Lipinski definition) is 3. The van der Waals surface area contributed by atoms with Crippen molar-refractivity contribution in [3.05, 3.63) is 31.0 Å². The number of amides is 2. The Morgan fingerprint density at radius 1 is 1.20 bits per heavy atom. The van der Waals surface area contributed by atoms with E-state index in [1.807, 2.05) is 34.2 Å². The van der Waals surface area contributed by atoms with Crippen LogP contribution in [0.25, 0.3) is 22.3 Å². The van der Waals surface area contributed by atoms with Crippen LogP contribution in [0.3, 0.4) is 0 Å². The van der Waals surface area contributed by atoms with Crippen LogP contribution in [0.1, 0.15) is 32.1 Å². The highest BCUT2D eigenvalue weighted by Crippen LogP contribution is 2.45. The molecule has 3 aliphatic rings. The Hall–Kier alpha value is -4.19. The predicted molar refractivity (Wildman–Crippen MR) is 139 cm³/mol. The number of H-pyrrole nitrogens is 1. The van der Waals surface area contributed by atoms with Crippen LogP contribution in [0, 0.1) is 17.2 Å². The lowest BCUT2D eigenvalue weighted by molar-refractivity contribution is -0.192. The number of nitrogens with zero attached hydrogens (tertiary/aromatic N) is 7. The molecular formula is C26H30F3N9O3. The zero-order chi connectivity index (χ0) is 29.2. The minimum absolute atomic E-state index is 0.0734. The molecule has 4 heterocycles. The summed E-state index contributed by atoms with van der Waals surface area (Å²) < 4.78 is 33.7. The number of aromatic nitrogens is 5. The first-order valence-electron chi connectivity index (χ1n) is 13.4. The number of carbonyl (C=O) groups is 2. The van der Waals surface area contributed by atoms with Gasteiger partial charge in [0, 0.05) is 62.1 Å². The van der Waals surface area contributed by atoms with Gasteiger partial charge in [-0.3, -0.25) is 9.58 Å². The van der Waals surface area contributed by atoms with E-state index in [0.717, 1.165) is 67.9 Å². The summed E-state index contributed by atoms with van der Waals surface area (Å²) in [6.07, 6.45) is 6.88. The van der Waals surface area contributed by atoms with E-state index in [0.29, 0.717) is 18.4 Å². The second-order valence-corrected chi connectivity index (χ2v) is 10.7. The van der Waals surface area contributed by atoms with Crippen LogP contribution >= 0.6 is 0 Å². The molecule has 0 atom stereocenters. The molecule has 0 bridgehead atoms. The third-order valence-electron chi connectivity index (χ3n) is 7.93. The van der Waals surface area contributed by atoms with Crippen molar-refractivity contribution >= 4 is 23.0 Å². The number of rotatable bonds is 6. The van der Waals surface area contributed by atoms with Crippen molar-refractivity contribution in [1.29, 1.82) is 5.26 Å². The number of halogens is 3. The van der Waals surface area contributed by atoms with Gasteiger partial charge in [0.25, 0.3) is 0 Å². The van der Waals surface area contributed by atoms with Crippen molar-refractivity contribution in [3.8, 4) is 17.3 Å². The number of aromatic amines is 1. The van der Waals surface area contributed by atoms with Gasteiger partial charge in [0.1, 0.15) is 12.0 Å². The Labute approximate surface area is 233 Å². The first kappa shape index (κ1) is 28.3. The van der Waals surface area contributed by atoms with E-state index < -0.39 is 12.1 Å². The van der Waals surface area contributed by atoms with E-state index in [4.69, 9.17) is 9.90 Å². The van der Waals surface area contributed by atoms with Gasteiger partial charge in [-0.1, -0.05) is 0 Å². The number of hydrogen-bond acceptors (Lipinski definition) is 7. The molecule has 41 heavy (non-hydrogen) atoms. The molecule has 0 unspecified atom stereocenters. The number of nitrogens with one attached hydrogen (secondary N) is 2. The van der Waals surface area contributed by atoms with Gasteiger partial charge in [-0.15, -0.1) is 0 Å². The lowest BCUT2D eigenvalue weighted by Crippen LogP contribution is -2.61. The zero-order valence-electron chi connectivity index (χ0n) is 22.1. The molecule has 1 saturated heterocycles. The minimum Gasteiger partial charge on any atom is -0.475 e. The number of nitriles is 1. The van der Waals surface area contributed by atoms with Crippen molar-refractivity contribution in [1.82, 2.24) is 39.8 Å². The normalized spacial score (nSPS) is 22.8. The number of fused-ring (bicyclic) bond motifs is 1. The maximum Gasteiger partial charge on any atom is 0.490 e. The van der Waals surface area contributed by atoms with Crippen molar-refractivity contribution in [3.63, 3.8) is 0 Å². The standard InChI is InChI=1S/C24H29N9O.C2HF3O2/c25-5-4-24(33-15-18(14-30-33)21-20-3-6-26-22(20)29-16-28-21)11-19(12-24)31-7-9-32(10-8-31)23(34)27-13-17-1-2-17;3-2(4,5)1(6)7/h3,6,14-17,19H,1-2,4,7-13H2,(H,27,34)(H,26,28,29);(H,6,7). The molecule has 2 amide bonds. The van der Waals surface area contributed by atoms with Crippen molar-refractivity contribution in [2.45, 2.75) is 49.9 Å². The lowest BCUT2D eigenvalue weighted by Gasteiger charge is -2.52. The van der Waals surface area contributed by atoms with Gasteiger partial charge in [0.05, 0.1) is 29.9 Å². The van der Waals surface area contributed by atoms with Gasteiger partial charge < -0.3 is 20.3 Å². The highest BCUT2D eigenvalue weighted by atomic mass is 19.4. The van der Waals surface area contributed by atoms with Crippen LogP contribution in [-0.4, -0.2) is 96.6 Å². The van der Waals surface area contributed by atoms with Crippen molar-refractivity contribution in [2.24, 2.45) is 5.92 Å². The highest BCUT2D eigenvalue weighted by Gasteiger charge is 2.49. The summed E-state index contributed by atoms with van der Waals surface area (Å²) in [4.78, 5) is 37.5. The first-order valence-corrected chi connectivity index (χ1v) is 13.4. The number of piperazine rings is 1. The van der Waals surface area contributed by atoms with E-state index in [2.05, 4.69) is 36.3 Å². The number of carbonyl (C=O) groups excluding carboxylic acids is 1. The van der Waals surface area contributed by atoms with Crippen molar-refractivity contribution < 1.29 is 27.9 Å². The lowest BCUT2D eigenvalue weighted by atomic mass is 9.70. The smallest absolute Gasteiger partial charge is 0.475 e. The fourth-order valence-corrected chi connectivity index (χ4v) is 5.40. The maximum absolute atomic E-state index is 12.4. The fraction of sp³-hybridized carbons (Fsp3) is 0.538. The Balaban J connectivity index is 0.000000431. The largest absolute Gasteiger partial charge is 0.490 e. The Bertz CT molecular complexity index is 1430. The summed E-state index contributed by atoms with van der Waals surface area (Å²) >= 11 is 0.